The Labute approximate surface area is 170 Å². The molecule has 0 aromatic heterocycles. The summed E-state index contributed by atoms with van der Waals surface area (Å²) in [6.45, 7) is 9.10. The van der Waals surface area contributed by atoms with Gasteiger partial charge in [-0.05, 0) is 0 Å². The summed E-state index contributed by atoms with van der Waals surface area (Å²) in [4.78, 5) is 0. The maximum absolute atomic E-state index is 5.40. The predicted molar refractivity (Wildman–Crippen MR) is 122 cm³/mol. The molecule has 0 saturated carbocycles. The molecule has 0 heterocycles. The van der Waals surface area contributed by atoms with E-state index >= 15 is 0 Å². The van der Waals surface area contributed by atoms with E-state index in [0.29, 0.717) is 0 Å². The van der Waals surface area contributed by atoms with Crippen molar-refractivity contribution in [2.24, 2.45) is 0 Å². The van der Waals surface area contributed by atoms with E-state index in [4.69, 9.17) is 4.21 Å². The molecule has 0 bridgehead atoms. The topological polar surface area (TPSA) is 0 Å². The molecule has 0 aliphatic heterocycles. The molecule has 0 atom stereocenters. The van der Waals surface area contributed by atoms with Crippen LogP contribution in [-0.4, -0.2) is 4.21 Å². The average molecular weight is 446 g/mol. The van der Waals surface area contributed by atoms with Crippen LogP contribution in [0.25, 0.3) is 0 Å². The van der Waals surface area contributed by atoms with Crippen LogP contribution in [0.4, 0.5) is 0 Å². The van der Waals surface area contributed by atoms with Crippen LogP contribution in [0, 0.1) is 13.8 Å². The summed E-state index contributed by atoms with van der Waals surface area (Å²) >= 11 is -4.25. The number of benzene rings is 2. The Morgan fingerprint density at radius 2 is 1.36 bits per heavy atom. The number of hydrogen-bond acceptors (Lipinski definition) is 0. The van der Waals surface area contributed by atoms with Crippen molar-refractivity contribution in [3.05, 3.63) is 102 Å². The minimum atomic E-state index is -4.25. The van der Waals surface area contributed by atoms with Crippen molar-refractivity contribution in [2.45, 2.75) is 40.5 Å². The number of allylic oxidation sites excluding steroid dienone is 8. The molecule has 2 aromatic rings. The molecule has 0 fully saturated rings. The standard InChI is InChI=1S/C7H9.2C7H7.C5H5.CH2.Zr/c1-6-4-3-5-7(6)2;2*1-7-5-3-2-4-6-7;1-2-4-5-3-1;;/h4H,5H2,1-2H3;2*2-5H,1H3;1-3H,4H2;1H2;. The fourth-order valence-electron chi connectivity index (χ4n) is 5.50. The van der Waals surface area contributed by atoms with E-state index in [-0.39, 0.29) is 0 Å². The van der Waals surface area contributed by atoms with E-state index in [0.717, 1.165) is 12.8 Å². The number of aryl methyl sites for hydroxylation is 2. The molecule has 4 rings (SSSR count). The summed E-state index contributed by atoms with van der Waals surface area (Å²) in [6.07, 6.45) is 11.5. The molecule has 142 valence electrons. The molecule has 2 aliphatic carbocycles. The van der Waals surface area contributed by atoms with Gasteiger partial charge in [0, 0.05) is 0 Å². The molecule has 28 heavy (non-hydrogen) atoms. The molecule has 0 amide bonds. The number of hydrogen-bond donors (Lipinski definition) is 0. The van der Waals surface area contributed by atoms with E-state index < -0.39 is 18.3 Å². The summed E-state index contributed by atoms with van der Waals surface area (Å²) in [5.74, 6) is 0. The van der Waals surface area contributed by atoms with Crippen molar-refractivity contribution < 1.29 is 18.3 Å². The second-order valence-electron chi connectivity index (χ2n) is 8.72. The zero-order chi connectivity index (χ0) is 20.0. The van der Waals surface area contributed by atoms with Crippen molar-refractivity contribution in [1.29, 1.82) is 0 Å². The summed E-state index contributed by atoms with van der Waals surface area (Å²) in [7, 11) is 0. The third-order valence-electron chi connectivity index (χ3n) is 7.19. The fraction of sp³-hybridized carbons (Fsp3) is 0.222. The van der Waals surface area contributed by atoms with E-state index in [9.17, 15) is 0 Å². The van der Waals surface area contributed by atoms with Gasteiger partial charge in [-0.3, -0.25) is 0 Å². The van der Waals surface area contributed by atoms with E-state index in [1.807, 2.05) is 0 Å². The van der Waals surface area contributed by atoms with E-state index in [1.165, 1.54) is 28.8 Å². The Kier molecular flexibility index (Phi) is 4.79. The van der Waals surface area contributed by atoms with Crippen LogP contribution in [0.3, 0.4) is 0 Å². The molecule has 1 heteroatoms. The zero-order valence-electron chi connectivity index (χ0n) is 17.5. The molecule has 0 saturated heterocycles. The first-order valence-corrected chi connectivity index (χ1v) is 16.9. The predicted octanol–water partition coefficient (Wildman–Crippen LogP) is 5.84. The SMILES string of the molecule is [CH2]=[Zr]([C]1=CC=CC1)([C]1=CC(C)=C(C)C1)([c]1ccccc1C)[c]1ccccc1C. The molecule has 2 aliphatic rings. The second-order valence-corrected chi connectivity index (χ2v) is 21.7. The normalized spacial score (nSPS) is 17.2. The average Bonchev–Trinajstić information content (AvgIpc) is 3.34. The third kappa shape index (κ3) is 2.56. The quantitative estimate of drug-likeness (QED) is 0.554. The van der Waals surface area contributed by atoms with Crippen molar-refractivity contribution in [3.63, 3.8) is 0 Å². The van der Waals surface area contributed by atoms with Crippen LogP contribution in [0.2, 0.25) is 0 Å². The summed E-state index contributed by atoms with van der Waals surface area (Å²) in [5.41, 5.74) is 5.67. The van der Waals surface area contributed by atoms with Gasteiger partial charge in [-0.15, -0.1) is 0 Å². The van der Waals surface area contributed by atoms with Gasteiger partial charge in [-0.1, -0.05) is 0 Å². The van der Waals surface area contributed by atoms with Crippen molar-refractivity contribution in [3.8, 4) is 0 Å². The molecular weight excluding hydrogens is 416 g/mol. The Balaban J connectivity index is 2.21. The molecule has 0 radical (unpaired) electrons. The number of rotatable bonds is 4. The first-order chi connectivity index (χ1) is 13.4. The molecule has 0 nitrogen and oxygen atoms in total. The van der Waals surface area contributed by atoms with Crippen LogP contribution in [0.5, 0.6) is 0 Å². The zero-order valence-corrected chi connectivity index (χ0v) is 20.0. The van der Waals surface area contributed by atoms with Gasteiger partial charge in [0.25, 0.3) is 0 Å². The Morgan fingerprint density at radius 1 is 0.786 bits per heavy atom. The van der Waals surface area contributed by atoms with Crippen LogP contribution >= 0.6 is 0 Å². The summed E-state index contributed by atoms with van der Waals surface area (Å²) in [6, 6.07) is 18.1. The summed E-state index contributed by atoms with van der Waals surface area (Å²) in [5, 5.41) is 0. The van der Waals surface area contributed by atoms with Crippen LogP contribution in [-0.2, 0) is 18.3 Å². The van der Waals surface area contributed by atoms with Crippen LogP contribution in [0.1, 0.15) is 37.8 Å². The minimum absolute atomic E-state index is 1.02. The van der Waals surface area contributed by atoms with Crippen molar-refractivity contribution in [2.75, 3.05) is 0 Å². The van der Waals surface area contributed by atoms with Gasteiger partial charge in [-0.25, -0.2) is 0 Å². The monoisotopic (exact) mass is 444 g/mol. The van der Waals surface area contributed by atoms with E-state index in [1.54, 1.807) is 6.56 Å². The van der Waals surface area contributed by atoms with E-state index in [2.05, 4.69) is 101 Å². The van der Waals surface area contributed by atoms with Crippen LogP contribution < -0.4 is 6.54 Å². The molecule has 0 unspecified atom stereocenters. The summed E-state index contributed by atoms with van der Waals surface area (Å²) < 4.78 is 11.6. The molecule has 0 N–H and O–H groups in total. The Morgan fingerprint density at radius 3 is 1.79 bits per heavy atom. The van der Waals surface area contributed by atoms with Gasteiger partial charge in [0.05, 0.1) is 0 Å². The molecular formula is C27H30Zr. The third-order valence-corrected chi connectivity index (χ3v) is 24.5. The van der Waals surface area contributed by atoms with Gasteiger partial charge in [0.15, 0.2) is 0 Å². The second kappa shape index (κ2) is 6.89. The van der Waals surface area contributed by atoms with Gasteiger partial charge in [-0.2, -0.15) is 0 Å². The van der Waals surface area contributed by atoms with Crippen molar-refractivity contribution in [1.82, 2.24) is 0 Å². The maximum atomic E-state index is 5.40. The molecule has 2 aromatic carbocycles. The van der Waals surface area contributed by atoms with Crippen molar-refractivity contribution >= 4 is 10.8 Å². The fourth-order valence-corrected chi connectivity index (χ4v) is 23.1. The van der Waals surface area contributed by atoms with Gasteiger partial charge in [0.1, 0.15) is 0 Å². The van der Waals surface area contributed by atoms with Crippen LogP contribution in [0.15, 0.2) is 90.5 Å². The Bertz CT molecular complexity index is 1100. The first-order valence-electron chi connectivity index (χ1n) is 10.3. The van der Waals surface area contributed by atoms with Gasteiger partial charge < -0.3 is 0 Å². The molecule has 0 spiro atoms. The van der Waals surface area contributed by atoms with Gasteiger partial charge in [0.2, 0.25) is 0 Å². The first kappa shape index (κ1) is 19.5. The van der Waals surface area contributed by atoms with Gasteiger partial charge >= 0.3 is 171 Å². The Hall–Kier alpha value is -1.85.